The average molecular weight is 331 g/mol. The van der Waals surface area contributed by atoms with Crippen molar-refractivity contribution in [2.45, 2.75) is 0 Å². The van der Waals surface area contributed by atoms with E-state index in [0.29, 0.717) is 26.2 Å². The number of carbonyl (C=O) groups excluding carboxylic acids is 1. The van der Waals surface area contributed by atoms with Crippen LogP contribution in [0.1, 0.15) is 10.4 Å². The molecule has 0 atom stereocenters. The highest BCUT2D eigenvalue weighted by Gasteiger charge is 2.17. The van der Waals surface area contributed by atoms with Crippen LogP contribution in [0, 0.1) is 0 Å². The van der Waals surface area contributed by atoms with Gasteiger partial charge in [-0.05, 0) is 12.1 Å². The fraction of sp³-hybridized carbons (Fsp3) is 0.0625. The molecule has 0 aliphatic heterocycles. The van der Waals surface area contributed by atoms with E-state index in [4.69, 9.17) is 16.3 Å². The number of nitrogens with zero attached hydrogens (tertiary/aromatic N) is 2. The van der Waals surface area contributed by atoms with Crippen LogP contribution in [-0.2, 0) is 4.74 Å². The van der Waals surface area contributed by atoms with Gasteiger partial charge in [0.2, 0.25) is 0 Å². The van der Waals surface area contributed by atoms with Gasteiger partial charge in [-0.15, -0.1) is 10.2 Å². The van der Waals surface area contributed by atoms with Gasteiger partial charge < -0.3 is 4.74 Å². The SMILES string of the molecule is COC(=O)c1ccccc1-c1nnc(-c2ccccc2Cl)s1. The lowest BCUT2D eigenvalue weighted by Crippen LogP contribution is -2.03. The number of benzene rings is 2. The summed E-state index contributed by atoms with van der Waals surface area (Å²) in [5, 5.41) is 10.3. The van der Waals surface area contributed by atoms with Crippen molar-refractivity contribution in [3.63, 3.8) is 0 Å². The highest BCUT2D eigenvalue weighted by molar-refractivity contribution is 7.18. The average Bonchev–Trinajstić information content (AvgIpc) is 3.04. The van der Waals surface area contributed by atoms with Crippen molar-refractivity contribution in [2.24, 2.45) is 0 Å². The number of halogens is 1. The van der Waals surface area contributed by atoms with Gasteiger partial charge in [-0.3, -0.25) is 0 Å². The van der Waals surface area contributed by atoms with Crippen molar-refractivity contribution < 1.29 is 9.53 Å². The van der Waals surface area contributed by atoms with Crippen molar-refractivity contribution in [2.75, 3.05) is 7.11 Å². The molecule has 0 aliphatic rings. The molecule has 0 fully saturated rings. The van der Waals surface area contributed by atoms with Gasteiger partial charge >= 0.3 is 5.97 Å². The maximum atomic E-state index is 11.9. The normalized spacial score (nSPS) is 10.5. The number of ether oxygens (including phenoxy) is 1. The molecule has 0 saturated heterocycles. The third kappa shape index (κ3) is 2.73. The summed E-state index contributed by atoms with van der Waals surface area (Å²) >= 11 is 7.56. The van der Waals surface area contributed by atoms with E-state index in [-0.39, 0.29) is 0 Å². The predicted octanol–water partition coefficient (Wildman–Crippen LogP) is 4.31. The molecule has 110 valence electrons. The number of rotatable bonds is 3. The zero-order chi connectivity index (χ0) is 15.5. The Morgan fingerprint density at radius 3 is 2.27 bits per heavy atom. The number of carbonyl (C=O) groups is 1. The number of hydrogen-bond donors (Lipinski definition) is 0. The number of methoxy groups -OCH3 is 1. The van der Waals surface area contributed by atoms with E-state index in [1.54, 1.807) is 18.2 Å². The Morgan fingerprint density at radius 1 is 1.00 bits per heavy atom. The molecule has 0 saturated carbocycles. The molecule has 6 heteroatoms. The molecule has 0 unspecified atom stereocenters. The van der Waals surface area contributed by atoms with Crippen LogP contribution in [0.15, 0.2) is 48.5 Å². The minimum atomic E-state index is -0.398. The zero-order valence-electron chi connectivity index (χ0n) is 11.6. The number of esters is 1. The van der Waals surface area contributed by atoms with Gasteiger partial charge in [0.1, 0.15) is 10.0 Å². The lowest BCUT2D eigenvalue weighted by Gasteiger charge is -2.03. The molecule has 1 heterocycles. The monoisotopic (exact) mass is 330 g/mol. The quantitative estimate of drug-likeness (QED) is 0.671. The lowest BCUT2D eigenvalue weighted by molar-refractivity contribution is 0.0601. The molecule has 1 aromatic heterocycles. The van der Waals surface area contributed by atoms with Crippen LogP contribution < -0.4 is 0 Å². The summed E-state index contributed by atoms with van der Waals surface area (Å²) in [6.45, 7) is 0. The van der Waals surface area contributed by atoms with E-state index in [0.717, 1.165) is 5.56 Å². The summed E-state index contributed by atoms with van der Waals surface area (Å²) in [6.07, 6.45) is 0. The first-order chi connectivity index (χ1) is 10.7. The first-order valence-electron chi connectivity index (χ1n) is 6.47. The molecule has 0 amide bonds. The van der Waals surface area contributed by atoms with Crippen molar-refractivity contribution in [1.29, 1.82) is 0 Å². The molecule has 3 aromatic rings. The molecule has 0 spiro atoms. The van der Waals surface area contributed by atoms with E-state index < -0.39 is 5.97 Å². The second-order valence-electron chi connectivity index (χ2n) is 4.43. The summed E-state index contributed by atoms with van der Waals surface area (Å²) in [5.74, 6) is -0.398. The molecular formula is C16H11ClN2O2S. The van der Waals surface area contributed by atoms with E-state index in [1.807, 2.05) is 30.3 Å². The Bertz CT molecular complexity index is 832. The Balaban J connectivity index is 2.06. The van der Waals surface area contributed by atoms with E-state index >= 15 is 0 Å². The van der Waals surface area contributed by atoms with Crippen LogP contribution in [0.2, 0.25) is 5.02 Å². The fourth-order valence-electron chi connectivity index (χ4n) is 2.03. The molecule has 22 heavy (non-hydrogen) atoms. The molecule has 0 radical (unpaired) electrons. The van der Waals surface area contributed by atoms with E-state index in [1.165, 1.54) is 18.4 Å². The van der Waals surface area contributed by atoms with Crippen LogP contribution in [0.25, 0.3) is 21.1 Å². The van der Waals surface area contributed by atoms with Crippen molar-refractivity contribution in [3.8, 4) is 21.1 Å². The van der Waals surface area contributed by atoms with Gasteiger partial charge in [-0.1, -0.05) is 59.3 Å². The van der Waals surface area contributed by atoms with Crippen molar-refractivity contribution in [1.82, 2.24) is 10.2 Å². The van der Waals surface area contributed by atoms with E-state index in [9.17, 15) is 4.79 Å². The number of hydrogen-bond acceptors (Lipinski definition) is 5. The van der Waals surface area contributed by atoms with E-state index in [2.05, 4.69) is 10.2 Å². The summed E-state index contributed by atoms with van der Waals surface area (Å²) < 4.78 is 4.81. The summed E-state index contributed by atoms with van der Waals surface area (Å²) in [7, 11) is 1.36. The minimum Gasteiger partial charge on any atom is -0.465 e. The van der Waals surface area contributed by atoms with Crippen LogP contribution in [0.5, 0.6) is 0 Å². The Morgan fingerprint density at radius 2 is 1.59 bits per heavy atom. The molecule has 0 aliphatic carbocycles. The standard InChI is InChI=1S/C16H11ClN2O2S/c1-21-16(20)11-7-3-2-6-10(11)14-18-19-15(22-14)12-8-4-5-9-13(12)17/h2-9H,1H3. The second kappa shape index (κ2) is 6.25. The third-order valence-corrected chi connectivity index (χ3v) is 4.41. The van der Waals surface area contributed by atoms with Crippen LogP contribution >= 0.6 is 22.9 Å². The molecule has 4 nitrogen and oxygen atoms in total. The lowest BCUT2D eigenvalue weighted by atomic mass is 10.1. The number of aromatic nitrogens is 2. The van der Waals surface area contributed by atoms with Gasteiger partial charge in [-0.25, -0.2) is 4.79 Å². The van der Waals surface area contributed by atoms with Crippen molar-refractivity contribution >= 4 is 28.9 Å². The first-order valence-corrected chi connectivity index (χ1v) is 7.66. The molecule has 2 aromatic carbocycles. The van der Waals surface area contributed by atoms with Crippen LogP contribution in [-0.4, -0.2) is 23.3 Å². The molecular weight excluding hydrogens is 320 g/mol. The smallest absolute Gasteiger partial charge is 0.338 e. The third-order valence-electron chi connectivity index (χ3n) is 3.09. The fourth-order valence-corrected chi connectivity index (χ4v) is 3.24. The topological polar surface area (TPSA) is 52.1 Å². The second-order valence-corrected chi connectivity index (χ2v) is 5.81. The summed E-state index contributed by atoms with van der Waals surface area (Å²) in [6, 6.07) is 14.6. The Kier molecular flexibility index (Phi) is 4.18. The highest BCUT2D eigenvalue weighted by Crippen LogP contribution is 2.34. The maximum absolute atomic E-state index is 11.9. The van der Waals surface area contributed by atoms with Gasteiger partial charge in [0.05, 0.1) is 17.7 Å². The van der Waals surface area contributed by atoms with Crippen LogP contribution in [0.3, 0.4) is 0 Å². The van der Waals surface area contributed by atoms with Gasteiger partial charge in [0, 0.05) is 11.1 Å². The Labute approximate surface area is 136 Å². The molecule has 0 bridgehead atoms. The Hall–Kier alpha value is -2.24. The molecule has 0 N–H and O–H groups in total. The van der Waals surface area contributed by atoms with Gasteiger partial charge in [0.15, 0.2) is 0 Å². The zero-order valence-corrected chi connectivity index (χ0v) is 13.2. The van der Waals surface area contributed by atoms with Crippen LogP contribution in [0.4, 0.5) is 0 Å². The van der Waals surface area contributed by atoms with Gasteiger partial charge in [-0.2, -0.15) is 0 Å². The van der Waals surface area contributed by atoms with Gasteiger partial charge in [0.25, 0.3) is 0 Å². The maximum Gasteiger partial charge on any atom is 0.338 e. The molecule has 3 rings (SSSR count). The van der Waals surface area contributed by atoms with Crippen molar-refractivity contribution in [3.05, 3.63) is 59.1 Å². The summed E-state index contributed by atoms with van der Waals surface area (Å²) in [5.41, 5.74) is 1.99. The summed E-state index contributed by atoms with van der Waals surface area (Å²) in [4.78, 5) is 11.9. The highest BCUT2D eigenvalue weighted by atomic mass is 35.5. The minimum absolute atomic E-state index is 0.398. The first kappa shape index (κ1) is 14.7. The predicted molar refractivity (Wildman–Crippen MR) is 87.1 cm³/mol. The largest absolute Gasteiger partial charge is 0.465 e.